The fourth-order valence-electron chi connectivity index (χ4n) is 2.25. The van der Waals surface area contributed by atoms with Gasteiger partial charge in [0.1, 0.15) is 11.3 Å². The molecule has 1 aromatic carbocycles. The van der Waals surface area contributed by atoms with Gasteiger partial charge < -0.3 is 14.4 Å². The number of hydrogen-bond donors (Lipinski definition) is 0. The van der Waals surface area contributed by atoms with Gasteiger partial charge in [-0.15, -0.1) is 0 Å². The van der Waals surface area contributed by atoms with Crippen LogP contribution in [0.5, 0.6) is 5.75 Å². The molecule has 0 fully saturated rings. The summed E-state index contributed by atoms with van der Waals surface area (Å²) in [5.74, 6) is 0.294. The van der Waals surface area contributed by atoms with Crippen LogP contribution in [-0.2, 0) is 4.74 Å². The molecule has 26 heavy (non-hydrogen) atoms. The largest absolute Gasteiger partial charge is 0.497 e. The predicted molar refractivity (Wildman–Crippen MR) is 104 cm³/mol. The number of benzene rings is 1. The molecule has 0 saturated heterocycles. The van der Waals surface area contributed by atoms with Crippen molar-refractivity contribution in [3.8, 4) is 17.0 Å². The summed E-state index contributed by atoms with van der Waals surface area (Å²) in [4.78, 5) is 23.6. The minimum Gasteiger partial charge on any atom is -0.497 e. The number of hydrogen-bond acceptors (Lipinski definition) is 7. The highest BCUT2D eigenvalue weighted by atomic mass is 32.2. The Morgan fingerprint density at radius 3 is 2.46 bits per heavy atom. The van der Waals surface area contributed by atoms with Gasteiger partial charge in [-0.2, -0.15) is 0 Å². The van der Waals surface area contributed by atoms with E-state index < -0.39 is 5.97 Å². The number of esters is 1. The lowest BCUT2D eigenvalue weighted by molar-refractivity contribution is 0.0526. The standard InChI is InChI=1S/C19H23N3O3S/c1-6-25-18(23)16-15(11-12-22(2)3)20-19(26-5)21-17(16)13-7-9-14(24-4)10-8-13/h7-12H,6H2,1-5H3/b12-11+. The summed E-state index contributed by atoms with van der Waals surface area (Å²) in [7, 11) is 5.42. The third-order valence-electron chi connectivity index (χ3n) is 3.47. The van der Waals surface area contributed by atoms with Crippen LogP contribution in [0.15, 0.2) is 35.6 Å². The minimum absolute atomic E-state index is 0.280. The second kappa shape index (κ2) is 9.24. The van der Waals surface area contributed by atoms with E-state index in [0.717, 1.165) is 11.3 Å². The average molecular weight is 373 g/mol. The van der Waals surface area contributed by atoms with Crippen molar-refractivity contribution in [2.75, 3.05) is 34.1 Å². The number of carbonyl (C=O) groups is 1. The maximum absolute atomic E-state index is 12.6. The molecule has 0 aliphatic heterocycles. The minimum atomic E-state index is -0.440. The molecule has 0 saturated carbocycles. The van der Waals surface area contributed by atoms with Crippen molar-refractivity contribution in [2.45, 2.75) is 12.1 Å². The second-order valence-corrected chi connectivity index (χ2v) is 6.32. The number of methoxy groups -OCH3 is 1. The van der Waals surface area contributed by atoms with Gasteiger partial charge in [-0.1, -0.05) is 11.8 Å². The molecule has 0 aliphatic carbocycles. The first-order valence-corrected chi connectivity index (χ1v) is 9.34. The Labute approximate surface area is 158 Å². The Bertz CT molecular complexity index is 789. The molecule has 0 bridgehead atoms. The third-order valence-corrected chi connectivity index (χ3v) is 4.02. The van der Waals surface area contributed by atoms with E-state index in [2.05, 4.69) is 9.97 Å². The average Bonchev–Trinajstić information content (AvgIpc) is 2.65. The van der Waals surface area contributed by atoms with Crippen LogP contribution in [0, 0.1) is 0 Å². The fraction of sp³-hybridized carbons (Fsp3) is 0.316. The van der Waals surface area contributed by atoms with E-state index in [1.807, 2.05) is 55.7 Å². The molecule has 2 rings (SSSR count). The van der Waals surface area contributed by atoms with Gasteiger partial charge >= 0.3 is 5.97 Å². The number of thioether (sulfide) groups is 1. The Morgan fingerprint density at radius 2 is 1.92 bits per heavy atom. The van der Waals surface area contributed by atoms with Crippen molar-refractivity contribution < 1.29 is 14.3 Å². The normalized spacial score (nSPS) is 10.8. The number of carbonyl (C=O) groups excluding carboxylic acids is 1. The smallest absolute Gasteiger partial charge is 0.342 e. The van der Waals surface area contributed by atoms with Gasteiger partial charge in [0, 0.05) is 25.9 Å². The van der Waals surface area contributed by atoms with Gasteiger partial charge in [-0.25, -0.2) is 14.8 Å². The molecule has 138 valence electrons. The van der Waals surface area contributed by atoms with E-state index in [0.29, 0.717) is 22.1 Å². The van der Waals surface area contributed by atoms with E-state index >= 15 is 0 Å². The molecule has 0 unspecified atom stereocenters. The molecule has 0 radical (unpaired) electrons. The summed E-state index contributed by atoms with van der Waals surface area (Å²) in [5.41, 5.74) is 2.23. The molecule has 6 nitrogen and oxygen atoms in total. The number of ether oxygens (including phenoxy) is 2. The van der Waals surface area contributed by atoms with Crippen LogP contribution in [-0.4, -0.2) is 54.9 Å². The first-order chi connectivity index (χ1) is 12.5. The molecular formula is C19H23N3O3S. The van der Waals surface area contributed by atoms with Crippen molar-refractivity contribution >= 4 is 23.8 Å². The van der Waals surface area contributed by atoms with Crippen LogP contribution < -0.4 is 4.74 Å². The molecule has 0 spiro atoms. The molecule has 0 atom stereocenters. The Morgan fingerprint density at radius 1 is 1.23 bits per heavy atom. The fourth-order valence-corrected chi connectivity index (χ4v) is 2.62. The van der Waals surface area contributed by atoms with Crippen LogP contribution in [0.1, 0.15) is 23.0 Å². The maximum Gasteiger partial charge on any atom is 0.342 e. The molecule has 1 aromatic heterocycles. The van der Waals surface area contributed by atoms with Crippen molar-refractivity contribution in [1.29, 1.82) is 0 Å². The van der Waals surface area contributed by atoms with Gasteiger partial charge in [0.15, 0.2) is 5.16 Å². The molecule has 0 amide bonds. The van der Waals surface area contributed by atoms with E-state index in [1.165, 1.54) is 11.8 Å². The lowest BCUT2D eigenvalue weighted by atomic mass is 10.0. The van der Waals surface area contributed by atoms with Gasteiger partial charge in [-0.05, 0) is 43.5 Å². The van der Waals surface area contributed by atoms with E-state index in [4.69, 9.17) is 9.47 Å². The van der Waals surface area contributed by atoms with E-state index in [-0.39, 0.29) is 6.61 Å². The van der Waals surface area contributed by atoms with Crippen LogP contribution in [0.2, 0.25) is 0 Å². The summed E-state index contributed by atoms with van der Waals surface area (Å²) >= 11 is 1.42. The van der Waals surface area contributed by atoms with Crippen LogP contribution >= 0.6 is 11.8 Å². The van der Waals surface area contributed by atoms with Crippen LogP contribution in [0.25, 0.3) is 17.3 Å². The van der Waals surface area contributed by atoms with Gasteiger partial charge in [0.25, 0.3) is 0 Å². The Kier molecular flexibility index (Phi) is 7.03. The quantitative estimate of drug-likeness (QED) is 0.417. The van der Waals surface area contributed by atoms with Crippen molar-refractivity contribution in [2.24, 2.45) is 0 Å². The number of aromatic nitrogens is 2. The molecule has 7 heteroatoms. The SMILES string of the molecule is CCOC(=O)c1c(/C=C/N(C)C)nc(SC)nc1-c1ccc(OC)cc1. The zero-order chi connectivity index (χ0) is 19.1. The molecule has 2 aromatic rings. The van der Waals surface area contributed by atoms with Crippen molar-refractivity contribution in [3.05, 3.63) is 41.7 Å². The monoisotopic (exact) mass is 373 g/mol. The maximum atomic E-state index is 12.6. The molecule has 0 N–H and O–H groups in total. The third kappa shape index (κ3) is 4.76. The highest BCUT2D eigenvalue weighted by Gasteiger charge is 2.22. The summed E-state index contributed by atoms with van der Waals surface area (Å²) in [5, 5.41) is 0.585. The number of rotatable bonds is 7. The van der Waals surface area contributed by atoms with Crippen molar-refractivity contribution in [3.63, 3.8) is 0 Å². The first-order valence-electron chi connectivity index (χ1n) is 8.12. The summed E-state index contributed by atoms with van der Waals surface area (Å²) in [6.07, 6.45) is 5.53. The van der Waals surface area contributed by atoms with E-state index in [9.17, 15) is 4.79 Å². The summed E-state index contributed by atoms with van der Waals surface area (Å²) < 4.78 is 10.5. The first kappa shape index (κ1) is 19.8. The predicted octanol–water partition coefficient (Wildman–Crippen LogP) is 3.58. The number of nitrogens with zero attached hydrogens (tertiary/aromatic N) is 3. The molecular weight excluding hydrogens is 350 g/mol. The lowest BCUT2D eigenvalue weighted by Crippen LogP contribution is -2.13. The Balaban J connectivity index is 2.69. The summed E-state index contributed by atoms with van der Waals surface area (Å²) in [6, 6.07) is 7.40. The molecule has 0 aliphatic rings. The summed E-state index contributed by atoms with van der Waals surface area (Å²) in [6.45, 7) is 2.05. The van der Waals surface area contributed by atoms with Crippen LogP contribution in [0.4, 0.5) is 0 Å². The van der Waals surface area contributed by atoms with Crippen LogP contribution in [0.3, 0.4) is 0 Å². The van der Waals surface area contributed by atoms with Gasteiger partial charge in [0.2, 0.25) is 0 Å². The molecule has 1 heterocycles. The van der Waals surface area contributed by atoms with Gasteiger partial charge in [0.05, 0.1) is 25.1 Å². The highest BCUT2D eigenvalue weighted by molar-refractivity contribution is 7.98. The zero-order valence-electron chi connectivity index (χ0n) is 15.6. The van der Waals surface area contributed by atoms with E-state index in [1.54, 1.807) is 20.1 Å². The Hall–Kier alpha value is -2.54. The second-order valence-electron chi connectivity index (χ2n) is 5.55. The topological polar surface area (TPSA) is 64.5 Å². The lowest BCUT2D eigenvalue weighted by Gasteiger charge is -2.13. The zero-order valence-corrected chi connectivity index (χ0v) is 16.5. The van der Waals surface area contributed by atoms with Gasteiger partial charge in [-0.3, -0.25) is 0 Å². The van der Waals surface area contributed by atoms with Crippen molar-refractivity contribution in [1.82, 2.24) is 14.9 Å². The highest BCUT2D eigenvalue weighted by Crippen LogP contribution is 2.29.